The molecular formula is C19H20ClN3O2. The zero-order valence-electron chi connectivity index (χ0n) is 14.1. The number of hydrogen-bond acceptors (Lipinski definition) is 3. The van der Waals surface area contributed by atoms with Crippen LogP contribution in [0.1, 0.15) is 38.2 Å². The Kier molecular flexibility index (Phi) is 3.91. The minimum Gasteiger partial charge on any atom is -0.323 e. The van der Waals surface area contributed by atoms with Crippen molar-refractivity contribution in [3.63, 3.8) is 0 Å². The monoisotopic (exact) mass is 357 g/mol. The van der Waals surface area contributed by atoms with Gasteiger partial charge in [-0.05, 0) is 42.5 Å². The number of amides is 3. The first kappa shape index (κ1) is 16.3. The zero-order chi connectivity index (χ0) is 17.6. The third-order valence-electron chi connectivity index (χ3n) is 5.63. The van der Waals surface area contributed by atoms with E-state index < -0.39 is 5.54 Å². The van der Waals surface area contributed by atoms with Crippen molar-refractivity contribution in [2.24, 2.45) is 5.92 Å². The van der Waals surface area contributed by atoms with Gasteiger partial charge >= 0.3 is 6.03 Å². The number of imide groups is 1. The minimum absolute atomic E-state index is 0.108. The molecule has 5 nitrogen and oxygen atoms in total. The van der Waals surface area contributed by atoms with Crippen LogP contribution in [-0.4, -0.2) is 27.4 Å². The Labute approximate surface area is 151 Å². The van der Waals surface area contributed by atoms with Crippen LogP contribution in [0.25, 0.3) is 10.9 Å². The fraction of sp³-hybridized carbons (Fsp3) is 0.421. The van der Waals surface area contributed by atoms with Gasteiger partial charge in [0.2, 0.25) is 0 Å². The van der Waals surface area contributed by atoms with E-state index in [-0.39, 0.29) is 24.4 Å². The molecule has 1 saturated heterocycles. The lowest BCUT2D eigenvalue weighted by atomic mass is 9.73. The molecule has 130 valence electrons. The summed E-state index contributed by atoms with van der Waals surface area (Å²) in [6.07, 6.45) is 5.45. The Balaban J connectivity index is 1.69. The van der Waals surface area contributed by atoms with E-state index in [9.17, 15) is 9.59 Å². The van der Waals surface area contributed by atoms with Crippen molar-refractivity contribution in [3.8, 4) is 0 Å². The van der Waals surface area contributed by atoms with E-state index in [1.807, 2.05) is 18.2 Å². The summed E-state index contributed by atoms with van der Waals surface area (Å²) in [7, 11) is 0. The summed E-state index contributed by atoms with van der Waals surface area (Å²) in [5.41, 5.74) is 0.822. The molecule has 1 saturated carbocycles. The molecule has 1 aromatic carbocycles. The van der Waals surface area contributed by atoms with E-state index in [2.05, 4.69) is 17.2 Å². The van der Waals surface area contributed by atoms with Crippen LogP contribution in [0.4, 0.5) is 4.79 Å². The lowest BCUT2D eigenvalue weighted by molar-refractivity contribution is -0.134. The topological polar surface area (TPSA) is 62.3 Å². The SMILES string of the molecule is C[C@@H]1CCCC[C@@]12NC(=O)N(Cc1ccc(Cl)c3cccnc13)C2=O. The van der Waals surface area contributed by atoms with E-state index in [1.54, 1.807) is 12.3 Å². The van der Waals surface area contributed by atoms with Crippen molar-refractivity contribution < 1.29 is 9.59 Å². The second kappa shape index (κ2) is 5.99. The van der Waals surface area contributed by atoms with E-state index in [0.29, 0.717) is 5.02 Å². The molecule has 4 rings (SSSR count). The van der Waals surface area contributed by atoms with Crippen molar-refractivity contribution in [1.82, 2.24) is 15.2 Å². The maximum Gasteiger partial charge on any atom is 0.325 e. The van der Waals surface area contributed by atoms with Crippen LogP contribution >= 0.6 is 11.6 Å². The van der Waals surface area contributed by atoms with Gasteiger partial charge < -0.3 is 5.32 Å². The van der Waals surface area contributed by atoms with Crippen molar-refractivity contribution in [1.29, 1.82) is 0 Å². The van der Waals surface area contributed by atoms with E-state index in [1.165, 1.54) is 4.90 Å². The number of carbonyl (C=O) groups excluding carboxylic acids is 2. The third-order valence-corrected chi connectivity index (χ3v) is 5.96. The molecule has 0 bridgehead atoms. The van der Waals surface area contributed by atoms with Gasteiger partial charge in [-0.15, -0.1) is 0 Å². The molecular weight excluding hydrogens is 338 g/mol. The summed E-state index contributed by atoms with van der Waals surface area (Å²) >= 11 is 6.24. The molecule has 1 spiro atoms. The lowest BCUT2D eigenvalue weighted by Gasteiger charge is -2.36. The Bertz CT molecular complexity index is 869. The number of halogens is 1. The molecule has 2 aromatic rings. The second-order valence-corrected chi connectivity index (χ2v) is 7.45. The highest BCUT2D eigenvalue weighted by molar-refractivity contribution is 6.35. The highest BCUT2D eigenvalue weighted by Gasteiger charge is 2.54. The van der Waals surface area contributed by atoms with Crippen LogP contribution in [0, 0.1) is 5.92 Å². The molecule has 2 aliphatic rings. The smallest absolute Gasteiger partial charge is 0.323 e. The molecule has 2 fully saturated rings. The Morgan fingerprint density at radius 2 is 2.16 bits per heavy atom. The predicted octanol–water partition coefficient (Wildman–Crippen LogP) is 3.89. The summed E-state index contributed by atoms with van der Waals surface area (Å²) < 4.78 is 0. The quantitative estimate of drug-likeness (QED) is 0.829. The molecule has 2 atom stereocenters. The number of nitrogens with one attached hydrogen (secondary N) is 1. The van der Waals surface area contributed by atoms with Crippen molar-refractivity contribution in [2.75, 3.05) is 0 Å². The van der Waals surface area contributed by atoms with Crippen molar-refractivity contribution >= 4 is 34.4 Å². The maximum absolute atomic E-state index is 13.1. The van der Waals surface area contributed by atoms with Crippen LogP contribution in [0.15, 0.2) is 30.5 Å². The van der Waals surface area contributed by atoms with Gasteiger partial charge in [0, 0.05) is 16.6 Å². The summed E-state index contributed by atoms with van der Waals surface area (Å²) in [5.74, 6) is 0.0477. The van der Waals surface area contributed by atoms with Crippen LogP contribution in [-0.2, 0) is 11.3 Å². The van der Waals surface area contributed by atoms with Crippen LogP contribution < -0.4 is 5.32 Å². The van der Waals surface area contributed by atoms with Crippen LogP contribution in [0.3, 0.4) is 0 Å². The zero-order valence-corrected chi connectivity index (χ0v) is 14.8. The Hall–Kier alpha value is -2.14. The highest BCUT2D eigenvalue weighted by atomic mass is 35.5. The number of fused-ring (bicyclic) bond motifs is 1. The van der Waals surface area contributed by atoms with E-state index in [4.69, 9.17) is 11.6 Å². The largest absolute Gasteiger partial charge is 0.325 e. The lowest BCUT2D eigenvalue weighted by Crippen LogP contribution is -2.53. The van der Waals surface area contributed by atoms with Crippen molar-refractivity contribution in [3.05, 3.63) is 41.0 Å². The summed E-state index contributed by atoms with van der Waals surface area (Å²) in [6.45, 7) is 2.27. The fourth-order valence-electron chi connectivity index (χ4n) is 4.13. The summed E-state index contributed by atoms with van der Waals surface area (Å²) in [4.78, 5) is 31.4. The van der Waals surface area contributed by atoms with Crippen molar-refractivity contribution in [2.45, 2.75) is 44.7 Å². The Morgan fingerprint density at radius 1 is 1.32 bits per heavy atom. The minimum atomic E-state index is -0.731. The number of nitrogens with zero attached hydrogens (tertiary/aromatic N) is 2. The van der Waals surface area contributed by atoms with Gasteiger partial charge in [-0.1, -0.05) is 37.4 Å². The number of benzene rings is 1. The van der Waals surface area contributed by atoms with E-state index in [0.717, 1.165) is 42.1 Å². The average Bonchev–Trinajstić information content (AvgIpc) is 2.85. The Morgan fingerprint density at radius 3 is 2.96 bits per heavy atom. The van der Waals surface area contributed by atoms with Gasteiger partial charge in [-0.25, -0.2) is 4.79 Å². The molecule has 1 aliphatic heterocycles. The maximum atomic E-state index is 13.1. The van der Waals surface area contributed by atoms with Gasteiger partial charge in [-0.3, -0.25) is 14.7 Å². The van der Waals surface area contributed by atoms with Gasteiger partial charge in [0.1, 0.15) is 5.54 Å². The first-order chi connectivity index (χ1) is 12.0. The molecule has 2 heterocycles. The van der Waals surface area contributed by atoms with Gasteiger partial charge in [-0.2, -0.15) is 0 Å². The average molecular weight is 358 g/mol. The predicted molar refractivity (Wildman–Crippen MR) is 96.2 cm³/mol. The molecule has 0 radical (unpaired) electrons. The number of carbonyl (C=O) groups is 2. The number of urea groups is 1. The number of aromatic nitrogens is 1. The van der Waals surface area contributed by atoms with Gasteiger partial charge in [0.15, 0.2) is 0 Å². The van der Waals surface area contributed by atoms with Crippen LogP contribution in [0.5, 0.6) is 0 Å². The molecule has 6 heteroatoms. The molecule has 3 amide bonds. The molecule has 0 unspecified atom stereocenters. The normalized spacial score (nSPS) is 26.5. The third kappa shape index (κ3) is 2.49. The van der Waals surface area contributed by atoms with Gasteiger partial charge in [0.05, 0.1) is 12.1 Å². The highest BCUT2D eigenvalue weighted by Crippen LogP contribution is 2.39. The van der Waals surface area contributed by atoms with Gasteiger partial charge in [0.25, 0.3) is 5.91 Å². The van der Waals surface area contributed by atoms with E-state index >= 15 is 0 Å². The molecule has 1 aromatic heterocycles. The number of rotatable bonds is 2. The second-order valence-electron chi connectivity index (χ2n) is 7.05. The molecule has 25 heavy (non-hydrogen) atoms. The standard InChI is InChI=1S/C19H20ClN3O2/c1-12-5-2-3-9-19(12)17(24)23(18(25)22-19)11-13-7-8-15(20)14-6-4-10-21-16(13)14/h4,6-8,10,12H,2-3,5,9,11H2,1H3,(H,22,25)/t12-,19-/m1/s1. The number of pyridine rings is 1. The summed E-state index contributed by atoms with van der Waals surface area (Å²) in [5, 5.41) is 4.43. The summed E-state index contributed by atoms with van der Waals surface area (Å²) in [6, 6.07) is 7.04. The first-order valence-corrected chi connectivity index (χ1v) is 9.07. The first-order valence-electron chi connectivity index (χ1n) is 8.69. The number of hydrogen-bond donors (Lipinski definition) is 1. The molecule has 1 aliphatic carbocycles. The fourth-order valence-corrected chi connectivity index (χ4v) is 4.35. The van der Waals surface area contributed by atoms with Crippen LogP contribution in [0.2, 0.25) is 5.02 Å². The molecule has 1 N–H and O–H groups in total.